The molecule has 3 rings (SSSR count). The largest absolute Gasteiger partial charge is 0.508 e. The molecule has 0 atom stereocenters. The van der Waals surface area contributed by atoms with Crippen molar-refractivity contribution >= 4 is 22.5 Å². The summed E-state index contributed by atoms with van der Waals surface area (Å²) in [6.07, 6.45) is 0. The zero-order valence-electron chi connectivity index (χ0n) is 16.5. The van der Waals surface area contributed by atoms with E-state index >= 15 is 0 Å². The van der Waals surface area contributed by atoms with Crippen molar-refractivity contribution < 1.29 is 14.6 Å². The molecule has 0 aliphatic rings. The number of anilines is 1. The van der Waals surface area contributed by atoms with Crippen molar-refractivity contribution in [2.24, 2.45) is 0 Å². The number of phenolic OH excluding ortho intramolecular Hbond substituents is 1. The number of hydrogen-bond acceptors (Lipinski definition) is 5. The van der Waals surface area contributed by atoms with Gasteiger partial charge in [-0.25, -0.2) is 0 Å². The molecule has 0 spiro atoms. The van der Waals surface area contributed by atoms with Crippen molar-refractivity contribution in [2.75, 3.05) is 12.3 Å². The van der Waals surface area contributed by atoms with E-state index in [0.717, 1.165) is 22.2 Å². The van der Waals surface area contributed by atoms with Crippen molar-refractivity contribution in [1.82, 2.24) is 10.3 Å². The Morgan fingerprint density at radius 1 is 1.21 bits per heavy atom. The first-order valence-corrected chi connectivity index (χ1v) is 9.06. The molecule has 4 N–H and O–H groups in total. The van der Waals surface area contributed by atoms with Crippen LogP contribution in [-0.2, 0) is 0 Å². The first kappa shape index (κ1) is 19.5. The normalized spacial score (nSPS) is 11.4. The number of amides is 1. The second-order valence-electron chi connectivity index (χ2n) is 7.69. The van der Waals surface area contributed by atoms with E-state index in [9.17, 15) is 9.90 Å². The summed E-state index contributed by atoms with van der Waals surface area (Å²) in [7, 11) is 0. The van der Waals surface area contributed by atoms with Crippen molar-refractivity contribution in [3.05, 3.63) is 59.3 Å². The van der Waals surface area contributed by atoms with Gasteiger partial charge in [0.2, 0.25) is 0 Å². The lowest BCUT2D eigenvalue weighted by Gasteiger charge is -2.27. The molecule has 0 aliphatic heterocycles. The maximum absolute atomic E-state index is 12.6. The Morgan fingerprint density at radius 3 is 2.68 bits per heavy atom. The number of nitrogens with two attached hydrogens (primary N) is 1. The van der Waals surface area contributed by atoms with E-state index in [1.165, 1.54) is 6.07 Å². The van der Waals surface area contributed by atoms with Crippen LogP contribution in [0.2, 0.25) is 0 Å². The van der Waals surface area contributed by atoms with Gasteiger partial charge in [0.1, 0.15) is 18.1 Å². The van der Waals surface area contributed by atoms with Gasteiger partial charge in [-0.15, -0.1) is 0 Å². The molecule has 1 amide bonds. The predicted molar refractivity (Wildman–Crippen MR) is 111 cm³/mol. The molecule has 1 aromatic heterocycles. The lowest BCUT2D eigenvalue weighted by Crippen LogP contribution is -2.47. The minimum absolute atomic E-state index is 0.0632. The molecule has 146 valence electrons. The maximum atomic E-state index is 12.6. The zero-order valence-corrected chi connectivity index (χ0v) is 16.5. The highest BCUT2D eigenvalue weighted by molar-refractivity contribution is 5.96. The number of fused-ring (bicyclic) bond motifs is 1. The molecule has 3 aromatic rings. The van der Waals surface area contributed by atoms with Crippen LogP contribution >= 0.6 is 0 Å². The lowest BCUT2D eigenvalue weighted by atomic mass is 10.0. The molecule has 28 heavy (non-hydrogen) atoms. The monoisotopic (exact) mass is 379 g/mol. The van der Waals surface area contributed by atoms with E-state index in [0.29, 0.717) is 17.0 Å². The van der Waals surface area contributed by atoms with Crippen LogP contribution in [0.5, 0.6) is 11.5 Å². The Kier molecular flexibility index (Phi) is 5.14. The summed E-state index contributed by atoms with van der Waals surface area (Å²) in [4.78, 5) is 17.1. The number of aryl methyl sites for hydroxylation is 2. The Hall–Kier alpha value is -3.28. The highest BCUT2D eigenvalue weighted by Gasteiger charge is 2.23. The molecule has 0 bridgehead atoms. The van der Waals surface area contributed by atoms with Crippen LogP contribution in [0.1, 0.15) is 35.5 Å². The fourth-order valence-corrected chi connectivity index (χ4v) is 3.11. The molecule has 2 aromatic carbocycles. The fraction of sp³-hybridized carbons (Fsp3) is 0.273. The van der Waals surface area contributed by atoms with Crippen molar-refractivity contribution in [2.45, 2.75) is 33.2 Å². The van der Waals surface area contributed by atoms with Gasteiger partial charge in [0.25, 0.3) is 5.91 Å². The van der Waals surface area contributed by atoms with Gasteiger partial charge in [-0.05, 0) is 69.7 Å². The third kappa shape index (κ3) is 4.34. The average molecular weight is 379 g/mol. The molecule has 6 heteroatoms. The summed E-state index contributed by atoms with van der Waals surface area (Å²) in [6.45, 7) is 7.70. The number of ether oxygens (including phenoxy) is 1. The molecule has 0 saturated carbocycles. The second-order valence-corrected chi connectivity index (χ2v) is 7.69. The predicted octanol–water partition coefficient (Wildman–Crippen LogP) is 3.73. The van der Waals surface area contributed by atoms with Gasteiger partial charge in [-0.2, -0.15) is 0 Å². The van der Waals surface area contributed by atoms with Crippen LogP contribution < -0.4 is 15.8 Å². The van der Waals surface area contributed by atoms with Crippen LogP contribution in [0.4, 0.5) is 5.69 Å². The van der Waals surface area contributed by atoms with Crippen molar-refractivity contribution in [3.8, 4) is 11.5 Å². The number of phenols is 1. The molecule has 0 radical (unpaired) electrons. The minimum Gasteiger partial charge on any atom is -0.508 e. The minimum atomic E-state index is -0.647. The topological polar surface area (TPSA) is 97.5 Å². The van der Waals surface area contributed by atoms with Crippen LogP contribution in [-0.4, -0.2) is 28.1 Å². The van der Waals surface area contributed by atoms with Crippen LogP contribution in [0, 0.1) is 13.8 Å². The highest BCUT2D eigenvalue weighted by atomic mass is 16.5. The molecule has 0 aliphatic carbocycles. The SMILES string of the molecule is Cc1cc(O)cc(C(=O)NC(C)(C)COc2cccc3nc(C)cc(N)c23)c1. The van der Waals surface area contributed by atoms with E-state index in [4.69, 9.17) is 10.5 Å². The first-order chi connectivity index (χ1) is 13.1. The smallest absolute Gasteiger partial charge is 0.251 e. The van der Waals surface area contributed by atoms with E-state index < -0.39 is 5.54 Å². The number of benzene rings is 2. The molecule has 1 heterocycles. The molecule has 0 saturated heterocycles. The third-order valence-corrected chi connectivity index (χ3v) is 4.32. The van der Waals surface area contributed by atoms with E-state index in [2.05, 4.69) is 10.3 Å². The number of nitrogens with one attached hydrogen (secondary N) is 1. The van der Waals surface area contributed by atoms with Crippen molar-refractivity contribution in [1.29, 1.82) is 0 Å². The Bertz CT molecular complexity index is 1020. The second kappa shape index (κ2) is 7.38. The van der Waals surface area contributed by atoms with Crippen LogP contribution in [0.3, 0.4) is 0 Å². The number of carbonyl (C=O) groups is 1. The number of aromatic nitrogens is 1. The van der Waals surface area contributed by atoms with Crippen LogP contribution in [0.15, 0.2) is 42.5 Å². The van der Waals surface area contributed by atoms with Gasteiger partial charge in [-0.1, -0.05) is 6.07 Å². The number of rotatable bonds is 5. The number of pyridine rings is 1. The molecular formula is C22H25N3O3. The van der Waals surface area contributed by atoms with Crippen molar-refractivity contribution in [3.63, 3.8) is 0 Å². The Balaban J connectivity index is 1.76. The average Bonchev–Trinajstić information content (AvgIpc) is 2.58. The molecule has 0 unspecified atom stereocenters. The van der Waals surface area contributed by atoms with Gasteiger partial charge in [-0.3, -0.25) is 9.78 Å². The standard InChI is InChI=1S/C22H25N3O3/c1-13-8-15(11-16(26)9-13)21(27)25-22(3,4)12-28-19-7-5-6-18-20(19)17(23)10-14(2)24-18/h5-11,26H,12H2,1-4H3,(H2,23,24)(H,25,27). The summed E-state index contributed by atoms with van der Waals surface area (Å²) < 4.78 is 6.00. The summed E-state index contributed by atoms with van der Waals surface area (Å²) >= 11 is 0. The molecule has 6 nitrogen and oxygen atoms in total. The Labute approximate surface area is 164 Å². The van der Waals surface area contributed by atoms with Crippen LogP contribution in [0.25, 0.3) is 10.9 Å². The zero-order chi connectivity index (χ0) is 20.5. The number of nitrogen functional groups attached to an aromatic ring is 1. The number of carbonyl (C=O) groups excluding carboxylic acids is 1. The van der Waals surface area contributed by atoms with E-state index in [1.807, 2.05) is 52.0 Å². The quantitative estimate of drug-likeness (QED) is 0.628. The number of nitrogens with zero attached hydrogens (tertiary/aromatic N) is 1. The van der Waals surface area contributed by atoms with E-state index in [-0.39, 0.29) is 18.3 Å². The fourth-order valence-electron chi connectivity index (χ4n) is 3.11. The number of aromatic hydroxyl groups is 1. The molecule has 0 fully saturated rings. The summed E-state index contributed by atoms with van der Waals surface area (Å²) in [6, 6.07) is 12.2. The molecular weight excluding hydrogens is 354 g/mol. The van der Waals surface area contributed by atoms with Gasteiger partial charge in [0, 0.05) is 16.9 Å². The first-order valence-electron chi connectivity index (χ1n) is 9.06. The summed E-state index contributed by atoms with van der Waals surface area (Å²) in [5, 5.41) is 13.4. The Morgan fingerprint density at radius 2 is 1.96 bits per heavy atom. The lowest BCUT2D eigenvalue weighted by molar-refractivity contribution is 0.0881. The summed E-state index contributed by atoms with van der Waals surface area (Å²) in [5.74, 6) is 0.411. The maximum Gasteiger partial charge on any atom is 0.251 e. The van der Waals surface area contributed by atoms with Gasteiger partial charge >= 0.3 is 0 Å². The number of hydrogen-bond donors (Lipinski definition) is 3. The third-order valence-electron chi connectivity index (χ3n) is 4.32. The highest BCUT2D eigenvalue weighted by Crippen LogP contribution is 2.30. The van der Waals surface area contributed by atoms with Gasteiger partial charge in [0.05, 0.1) is 16.4 Å². The summed E-state index contributed by atoms with van der Waals surface area (Å²) in [5.41, 5.74) is 8.96. The van der Waals surface area contributed by atoms with E-state index in [1.54, 1.807) is 12.1 Å². The van der Waals surface area contributed by atoms with Gasteiger partial charge < -0.3 is 20.9 Å². The van der Waals surface area contributed by atoms with Gasteiger partial charge in [0.15, 0.2) is 0 Å².